The first-order chi connectivity index (χ1) is 33.7. The third kappa shape index (κ3) is 5.99. The molecular formula is C63H39N5. The van der Waals surface area contributed by atoms with E-state index in [2.05, 4.69) is 185 Å². The van der Waals surface area contributed by atoms with Gasteiger partial charge in [-0.25, -0.2) is 4.98 Å². The van der Waals surface area contributed by atoms with Crippen molar-refractivity contribution in [2.45, 2.75) is 0 Å². The molecule has 3 aromatic heterocycles. The molecule has 0 saturated carbocycles. The second kappa shape index (κ2) is 15.2. The summed E-state index contributed by atoms with van der Waals surface area (Å²) in [7, 11) is 0. The molecule has 11 aromatic carbocycles. The van der Waals surface area contributed by atoms with Gasteiger partial charge in [-0.15, -0.1) is 0 Å². The summed E-state index contributed by atoms with van der Waals surface area (Å²) in [6.45, 7) is 0. The average Bonchev–Trinajstić information content (AvgIpc) is 3.93. The summed E-state index contributed by atoms with van der Waals surface area (Å²) in [6.07, 6.45) is 0. The lowest BCUT2D eigenvalue weighted by Gasteiger charge is -2.14. The van der Waals surface area contributed by atoms with Gasteiger partial charge in [-0.2, -0.15) is 9.97 Å². The largest absolute Gasteiger partial charge is 0.309 e. The van der Waals surface area contributed by atoms with E-state index in [9.17, 15) is 0 Å². The van der Waals surface area contributed by atoms with E-state index in [4.69, 9.17) is 15.0 Å². The number of benzene rings is 11. The lowest BCUT2D eigenvalue weighted by atomic mass is 9.94. The predicted octanol–water partition coefficient (Wildman–Crippen LogP) is 16.2. The van der Waals surface area contributed by atoms with E-state index in [0.717, 1.165) is 49.7 Å². The van der Waals surface area contributed by atoms with Gasteiger partial charge in [-0.3, -0.25) is 4.57 Å². The van der Waals surface area contributed by atoms with E-state index in [-0.39, 0.29) is 0 Å². The highest BCUT2D eigenvalue weighted by Crippen LogP contribution is 2.40. The molecule has 0 bridgehead atoms. The van der Waals surface area contributed by atoms with Gasteiger partial charge in [0.15, 0.2) is 11.6 Å². The van der Waals surface area contributed by atoms with Crippen LogP contribution >= 0.6 is 0 Å². The Morgan fingerprint density at radius 1 is 0.221 bits per heavy atom. The summed E-state index contributed by atoms with van der Waals surface area (Å²) < 4.78 is 4.61. The quantitative estimate of drug-likeness (QED) is 0.156. The summed E-state index contributed by atoms with van der Waals surface area (Å²) in [5, 5.41) is 12.4. The smallest absolute Gasteiger partial charge is 0.238 e. The average molecular weight is 866 g/mol. The fraction of sp³-hybridized carbons (Fsp3) is 0. The fourth-order valence-electron chi connectivity index (χ4n) is 10.6. The zero-order valence-electron chi connectivity index (χ0n) is 36.8. The van der Waals surface area contributed by atoms with Crippen LogP contribution in [0.25, 0.3) is 133 Å². The summed E-state index contributed by atoms with van der Waals surface area (Å²) in [5.41, 5.74) is 12.2. The third-order valence-electron chi connectivity index (χ3n) is 13.8. The van der Waals surface area contributed by atoms with Crippen molar-refractivity contribution in [2.75, 3.05) is 0 Å². The highest BCUT2D eigenvalue weighted by atomic mass is 15.2. The SMILES string of the molecule is c1ccc(-c2nc(-c3ccccc3)nc(-n3c4ccccc4c4cc(-c5ccc(-c6ccc7c(c6)c6ccccc6n7-c6ccc7c8ccccc8c8ccccc8c7c6)cc5)ccc43)n2)cc1. The molecule has 0 saturated heterocycles. The van der Waals surface area contributed by atoms with E-state index in [1.54, 1.807) is 0 Å². The number of fused-ring (bicyclic) bond motifs is 12. The molecule has 14 aromatic rings. The van der Waals surface area contributed by atoms with Gasteiger partial charge in [0.05, 0.1) is 22.1 Å². The normalized spacial score (nSPS) is 11.8. The molecule has 14 rings (SSSR count). The topological polar surface area (TPSA) is 48.5 Å². The highest BCUT2D eigenvalue weighted by molar-refractivity contribution is 6.25. The molecular weight excluding hydrogens is 827 g/mol. The zero-order chi connectivity index (χ0) is 44.7. The molecule has 0 N–H and O–H groups in total. The van der Waals surface area contributed by atoms with Crippen molar-refractivity contribution >= 4 is 75.9 Å². The summed E-state index contributed by atoms with van der Waals surface area (Å²) >= 11 is 0. The van der Waals surface area contributed by atoms with Gasteiger partial charge in [0.2, 0.25) is 5.95 Å². The maximum atomic E-state index is 5.11. The van der Waals surface area contributed by atoms with Gasteiger partial charge in [-0.05, 0) is 103 Å². The molecule has 0 radical (unpaired) electrons. The van der Waals surface area contributed by atoms with Crippen molar-refractivity contribution in [1.82, 2.24) is 24.1 Å². The molecule has 0 aliphatic carbocycles. The van der Waals surface area contributed by atoms with Gasteiger partial charge < -0.3 is 4.57 Å². The summed E-state index contributed by atoms with van der Waals surface area (Å²) in [4.78, 5) is 15.2. The Kier molecular flexibility index (Phi) is 8.52. The Hall–Kier alpha value is -9.19. The molecule has 0 unspecified atom stereocenters. The standard InChI is InChI=1S/C63H39N5/c1-3-15-42(16-4-1)61-64-62(43-17-5-2-6-18-43)66-63(65-61)68-58-26-14-12-24-53(58)56-38-45(32-36-60(56)68)41-29-27-40(28-30-41)44-31-35-59-55(37-44)52-23-11-13-25-57(52)67(59)46-33-34-51-49-21-8-7-19-47(49)48-20-9-10-22-50(48)54(51)39-46/h1-39H. The first-order valence-corrected chi connectivity index (χ1v) is 23.1. The molecule has 5 heteroatoms. The van der Waals surface area contributed by atoms with Crippen LogP contribution in [0.2, 0.25) is 0 Å². The van der Waals surface area contributed by atoms with Gasteiger partial charge in [-0.1, -0.05) is 188 Å². The van der Waals surface area contributed by atoms with Crippen LogP contribution in [0.5, 0.6) is 0 Å². The highest BCUT2D eigenvalue weighted by Gasteiger charge is 2.20. The van der Waals surface area contributed by atoms with Crippen LogP contribution in [0.1, 0.15) is 0 Å². The van der Waals surface area contributed by atoms with Gasteiger partial charge in [0.25, 0.3) is 0 Å². The number of aromatic nitrogens is 5. The lowest BCUT2D eigenvalue weighted by molar-refractivity contribution is 0.953. The first-order valence-electron chi connectivity index (χ1n) is 23.1. The van der Waals surface area contributed by atoms with Crippen LogP contribution in [0.4, 0.5) is 0 Å². The van der Waals surface area contributed by atoms with Crippen LogP contribution in [-0.4, -0.2) is 24.1 Å². The lowest BCUT2D eigenvalue weighted by Crippen LogP contribution is -2.06. The number of rotatable bonds is 6. The summed E-state index contributed by atoms with van der Waals surface area (Å²) in [6, 6.07) is 84.8. The maximum absolute atomic E-state index is 5.11. The second-order valence-electron chi connectivity index (χ2n) is 17.6. The van der Waals surface area contributed by atoms with E-state index >= 15 is 0 Å². The number of para-hydroxylation sites is 2. The van der Waals surface area contributed by atoms with Crippen LogP contribution in [0, 0.1) is 0 Å². The monoisotopic (exact) mass is 865 g/mol. The van der Waals surface area contributed by atoms with Crippen LogP contribution in [0.15, 0.2) is 237 Å². The minimum Gasteiger partial charge on any atom is -0.309 e. The van der Waals surface area contributed by atoms with Gasteiger partial charge >= 0.3 is 0 Å². The maximum Gasteiger partial charge on any atom is 0.238 e. The van der Waals surface area contributed by atoms with E-state index in [0.29, 0.717) is 17.6 Å². The number of nitrogens with zero attached hydrogens (tertiary/aromatic N) is 5. The summed E-state index contributed by atoms with van der Waals surface area (Å²) in [5.74, 6) is 1.85. The molecule has 0 aliphatic heterocycles. The van der Waals surface area contributed by atoms with Crippen molar-refractivity contribution in [2.24, 2.45) is 0 Å². The Bertz CT molecular complexity index is 4210. The van der Waals surface area contributed by atoms with Crippen molar-refractivity contribution in [3.8, 4) is 56.7 Å². The minimum absolute atomic E-state index is 0.584. The third-order valence-corrected chi connectivity index (χ3v) is 13.8. The van der Waals surface area contributed by atoms with Crippen LogP contribution in [-0.2, 0) is 0 Å². The molecule has 316 valence electrons. The van der Waals surface area contributed by atoms with E-state index in [1.165, 1.54) is 65.3 Å². The number of hydrogen-bond donors (Lipinski definition) is 0. The van der Waals surface area contributed by atoms with Crippen molar-refractivity contribution in [1.29, 1.82) is 0 Å². The van der Waals surface area contributed by atoms with Gasteiger partial charge in [0.1, 0.15) is 0 Å². The predicted molar refractivity (Wildman–Crippen MR) is 283 cm³/mol. The van der Waals surface area contributed by atoms with E-state index < -0.39 is 0 Å². The van der Waals surface area contributed by atoms with Crippen molar-refractivity contribution in [3.05, 3.63) is 237 Å². The molecule has 68 heavy (non-hydrogen) atoms. The second-order valence-corrected chi connectivity index (χ2v) is 17.6. The number of hydrogen-bond acceptors (Lipinski definition) is 3. The van der Waals surface area contributed by atoms with Crippen LogP contribution in [0.3, 0.4) is 0 Å². The molecule has 0 atom stereocenters. The Labute approximate surface area is 391 Å². The van der Waals surface area contributed by atoms with Crippen molar-refractivity contribution in [3.63, 3.8) is 0 Å². The fourth-order valence-corrected chi connectivity index (χ4v) is 10.6. The Morgan fingerprint density at radius 2 is 0.603 bits per heavy atom. The van der Waals surface area contributed by atoms with E-state index in [1.807, 2.05) is 60.7 Å². The molecule has 0 aliphatic rings. The van der Waals surface area contributed by atoms with Gasteiger partial charge in [0, 0.05) is 38.4 Å². The molecule has 3 heterocycles. The molecule has 0 spiro atoms. The van der Waals surface area contributed by atoms with Crippen molar-refractivity contribution < 1.29 is 0 Å². The molecule has 0 fully saturated rings. The minimum atomic E-state index is 0.584. The molecule has 0 amide bonds. The Morgan fingerprint density at radius 3 is 1.12 bits per heavy atom. The zero-order valence-corrected chi connectivity index (χ0v) is 36.8. The first kappa shape index (κ1) is 38.1. The van der Waals surface area contributed by atoms with Crippen LogP contribution < -0.4 is 0 Å². The Balaban J connectivity index is 0.847. The molecule has 5 nitrogen and oxygen atoms in total.